The van der Waals surface area contributed by atoms with E-state index >= 15 is 0 Å². The van der Waals surface area contributed by atoms with Gasteiger partial charge in [0.25, 0.3) is 0 Å². The molecule has 0 spiro atoms. The lowest BCUT2D eigenvalue weighted by Crippen LogP contribution is -1.95. The van der Waals surface area contributed by atoms with Crippen LogP contribution in [0.5, 0.6) is 11.6 Å². The minimum atomic E-state index is 0.333. The van der Waals surface area contributed by atoms with E-state index in [1.54, 1.807) is 6.07 Å². The fourth-order valence-electron chi connectivity index (χ4n) is 1.67. The predicted molar refractivity (Wildman–Crippen MR) is 74.7 cm³/mol. The summed E-state index contributed by atoms with van der Waals surface area (Å²) in [4.78, 5) is 4.07. The zero-order valence-corrected chi connectivity index (χ0v) is 11.5. The van der Waals surface area contributed by atoms with Gasteiger partial charge in [0, 0.05) is 5.02 Å². The lowest BCUT2D eigenvalue weighted by Gasteiger charge is -2.12. The Labute approximate surface area is 115 Å². The van der Waals surface area contributed by atoms with Crippen LogP contribution in [0.1, 0.15) is 11.1 Å². The minimum absolute atomic E-state index is 0.333. The van der Waals surface area contributed by atoms with Crippen LogP contribution < -0.4 is 10.5 Å². The third-order valence-electron chi connectivity index (χ3n) is 2.45. The number of ether oxygens (including phenoxy) is 1. The van der Waals surface area contributed by atoms with Crippen molar-refractivity contribution in [2.45, 2.75) is 13.8 Å². The molecule has 0 aliphatic rings. The zero-order chi connectivity index (χ0) is 13.3. The lowest BCUT2D eigenvalue weighted by atomic mass is 10.1. The summed E-state index contributed by atoms with van der Waals surface area (Å²) < 4.78 is 5.72. The normalized spacial score (nSPS) is 10.4. The number of nitrogen functional groups attached to an aromatic ring is 1. The van der Waals surface area contributed by atoms with E-state index in [4.69, 9.17) is 33.7 Å². The standard InChI is InChI=1S/C13H12Cl2N2O/c1-7-3-9(14)4-8(2)12(7)18-13-11(15)5-10(16)6-17-13/h3-6H,16H2,1-2H3. The number of nitrogens with two attached hydrogens (primary N) is 1. The highest BCUT2D eigenvalue weighted by Gasteiger charge is 2.10. The topological polar surface area (TPSA) is 48.1 Å². The Morgan fingerprint density at radius 2 is 1.72 bits per heavy atom. The van der Waals surface area contributed by atoms with Crippen LogP contribution in [0.2, 0.25) is 10.0 Å². The first-order valence-corrected chi connectivity index (χ1v) is 6.08. The van der Waals surface area contributed by atoms with Crippen molar-refractivity contribution in [2.24, 2.45) is 0 Å². The Balaban J connectivity index is 2.40. The van der Waals surface area contributed by atoms with Crippen LogP contribution in [0.4, 0.5) is 5.69 Å². The van der Waals surface area contributed by atoms with Crippen molar-refractivity contribution in [3.8, 4) is 11.6 Å². The monoisotopic (exact) mass is 282 g/mol. The number of pyridine rings is 1. The Morgan fingerprint density at radius 1 is 1.11 bits per heavy atom. The van der Waals surface area contributed by atoms with E-state index in [-0.39, 0.29) is 0 Å². The number of rotatable bonds is 2. The molecule has 0 unspecified atom stereocenters. The molecular formula is C13H12Cl2N2O. The Kier molecular flexibility index (Phi) is 3.64. The van der Waals surface area contributed by atoms with Crippen LogP contribution in [0.3, 0.4) is 0 Å². The van der Waals surface area contributed by atoms with Crippen LogP contribution in [-0.4, -0.2) is 4.98 Å². The fraction of sp³-hybridized carbons (Fsp3) is 0.154. The second-order valence-electron chi connectivity index (χ2n) is 4.03. The maximum atomic E-state index is 6.02. The van der Waals surface area contributed by atoms with Gasteiger partial charge in [-0.05, 0) is 43.2 Å². The molecule has 0 fully saturated rings. The summed E-state index contributed by atoms with van der Waals surface area (Å²) in [6.45, 7) is 3.83. The maximum Gasteiger partial charge on any atom is 0.238 e. The Morgan fingerprint density at radius 3 is 2.28 bits per heavy atom. The molecule has 1 heterocycles. The summed E-state index contributed by atoms with van der Waals surface area (Å²) in [5, 5.41) is 1.05. The van der Waals surface area contributed by atoms with Gasteiger partial charge in [-0.25, -0.2) is 4.98 Å². The summed E-state index contributed by atoms with van der Waals surface area (Å²) >= 11 is 12.0. The maximum absolute atomic E-state index is 6.02. The molecule has 2 aromatic rings. The summed E-state index contributed by atoms with van der Waals surface area (Å²) in [6.07, 6.45) is 1.50. The number of benzene rings is 1. The first kappa shape index (κ1) is 13.0. The van der Waals surface area contributed by atoms with Gasteiger partial charge in [0.05, 0.1) is 11.9 Å². The summed E-state index contributed by atoms with van der Waals surface area (Å²) in [6, 6.07) is 5.26. The van der Waals surface area contributed by atoms with Gasteiger partial charge in [0.1, 0.15) is 10.8 Å². The van der Waals surface area contributed by atoms with Crippen molar-refractivity contribution in [2.75, 3.05) is 5.73 Å². The van der Waals surface area contributed by atoms with Gasteiger partial charge in [-0.1, -0.05) is 23.2 Å². The largest absolute Gasteiger partial charge is 0.437 e. The van der Waals surface area contributed by atoms with Gasteiger partial charge in [0.2, 0.25) is 5.88 Å². The highest BCUT2D eigenvalue weighted by molar-refractivity contribution is 6.32. The molecule has 2 rings (SSSR count). The average Bonchev–Trinajstić information content (AvgIpc) is 2.25. The molecule has 0 saturated carbocycles. The third kappa shape index (κ3) is 2.68. The summed E-state index contributed by atoms with van der Waals surface area (Å²) in [5.74, 6) is 1.04. The van der Waals surface area contributed by atoms with E-state index in [2.05, 4.69) is 4.98 Å². The van der Waals surface area contributed by atoms with Crippen molar-refractivity contribution >= 4 is 28.9 Å². The van der Waals surface area contributed by atoms with Crippen molar-refractivity contribution < 1.29 is 4.74 Å². The molecule has 1 aromatic heterocycles. The molecule has 5 heteroatoms. The summed E-state index contributed by atoms with van der Waals surface area (Å²) in [7, 11) is 0. The number of hydrogen-bond donors (Lipinski definition) is 1. The van der Waals surface area contributed by atoms with Gasteiger partial charge in [0.15, 0.2) is 0 Å². The molecule has 0 saturated heterocycles. The third-order valence-corrected chi connectivity index (χ3v) is 2.94. The fourth-order valence-corrected chi connectivity index (χ4v) is 2.21. The molecule has 0 radical (unpaired) electrons. The number of aryl methyl sites for hydroxylation is 2. The first-order valence-electron chi connectivity index (χ1n) is 5.33. The van der Waals surface area contributed by atoms with Gasteiger partial charge in [-0.15, -0.1) is 0 Å². The molecule has 0 aliphatic heterocycles. The average molecular weight is 283 g/mol. The van der Waals surface area contributed by atoms with Crippen LogP contribution in [0, 0.1) is 13.8 Å². The highest BCUT2D eigenvalue weighted by atomic mass is 35.5. The SMILES string of the molecule is Cc1cc(Cl)cc(C)c1Oc1ncc(N)cc1Cl. The molecule has 1 aromatic carbocycles. The van der Waals surface area contributed by atoms with Crippen molar-refractivity contribution in [3.05, 3.63) is 45.6 Å². The molecule has 0 amide bonds. The van der Waals surface area contributed by atoms with E-state index in [0.717, 1.165) is 11.1 Å². The minimum Gasteiger partial charge on any atom is -0.437 e. The number of hydrogen-bond acceptors (Lipinski definition) is 3. The van der Waals surface area contributed by atoms with Crippen molar-refractivity contribution in [1.82, 2.24) is 4.98 Å². The molecule has 2 N–H and O–H groups in total. The number of aromatic nitrogens is 1. The van der Waals surface area contributed by atoms with E-state index in [1.165, 1.54) is 6.20 Å². The van der Waals surface area contributed by atoms with Crippen molar-refractivity contribution in [3.63, 3.8) is 0 Å². The van der Waals surface area contributed by atoms with Crippen LogP contribution in [0.25, 0.3) is 0 Å². The van der Waals surface area contributed by atoms with E-state index < -0.39 is 0 Å². The van der Waals surface area contributed by atoms with Crippen LogP contribution in [-0.2, 0) is 0 Å². The second kappa shape index (κ2) is 5.04. The van der Waals surface area contributed by atoms with E-state index in [9.17, 15) is 0 Å². The predicted octanol–water partition coefficient (Wildman–Crippen LogP) is 4.38. The van der Waals surface area contributed by atoms with Crippen molar-refractivity contribution in [1.29, 1.82) is 0 Å². The molecule has 3 nitrogen and oxygen atoms in total. The van der Waals surface area contributed by atoms with Gasteiger partial charge >= 0.3 is 0 Å². The summed E-state index contributed by atoms with van der Waals surface area (Å²) in [5.41, 5.74) is 7.93. The number of halogens is 2. The van der Waals surface area contributed by atoms with Gasteiger partial charge in [-0.2, -0.15) is 0 Å². The number of nitrogens with zero attached hydrogens (tertiary/aromatic N) is 1. The van der Waals surface area contributed by atoms with Crippen LogP contribution in [0.15, 0.2) is 24.4 Å². The van der Waals surface area contributed by atoms with E-state index in [0.29, 0.717) is 27.4 Å². The smallest absolute Gasteiger partial charge is 0.238 e. The second-order valence-corrected chi connectivity index (χ2v) is 4.87. The quantitative estimate of drug-likeness (QED) is 0.889. The number of anilines is 1. The molecule has 0 bridgehead atoms. The first-order chi connectivity index (χ1) is 8.47. The van der Waals surface area contributed by atoms with Gasteiger partial charge in [-0.3, -0.25) is 0 Å². The lowest BCUT2D eigenvalue weighted by molar-refractivity contribution is 0.456. The van der Waals surface area contributed by atoms with Crippen LogP contribution >= 0.6 is 23.2 Å². The molecule has 0 atom stereocenters. The Hall–Kier alpha value is -1.45. The molecule has 94 valence electrons. The van der Waals surface area contributed by atoms with Gasteiger partial charge < -0.3 is 10.5 Å². The zero-order valence-electron chi connectivity index (χ0n) is 10.00. The Bertz CT molecular complexity index is 577. The molecule has 0 aliphatic carbocycles. The molecule has 18 heavy (non-hydrogen) atoms. The molecular weight excluding hydrogens is 271 g/mol. The van der Waals surface area contributed by atoms with E-state index in [1.807, 2.05) is 26.0 Å². The highest BCUT2D eigenvalue weighted by Crippen LogP contribution is 2.33.